The van der Waals surface area contributed by atoms with Crippen LogP contribution in [0.25, 0.3) is 10.2 Å². The molecule has 1 saturated carbocycles. The van der Waals surface area contributed by atoms with Crippen molar-refractivity contribution in [3.8, 4) is 0 Å². The smallest absolute Gasteiger partial charge is 0.323 e. The van der Waals surface area contributed by atoms with Crippen LogP contribution in [0.2, 0.25) is 0 Å². The number of imide groups is 1. The van der Waals surface area contributed by atoms with Crippen molar-refractivity contribution in [1.82, 2.24) is 15.2 Å². The first-order valence-corrected chi connectivity index (χ1v) is 9.50. The van der Waals surface area contributed by atoms with E-state index in [9.17, 15) is 22.8 Å². The van der Waals surface area contributed by atoms with E-state index in [0.717, 1.165) is 35.5 Å². The molecule has 27 heavy (non-hydrogen) atoms. The number of benzene rings is 1. The highest BCUT2D eigenvalue weighted by Gasteiger charge is 2.69. The fourth-order valence-electron chi connectivity index (χ4n) is 3.65. The molecular weight excluding hydrogens is 381 g/mol. The number of anilines is 1. The lowest BCUT2D eigenvalue weighted by Crippen LogP contribution is -2.64. The Kier molecular flexibility index (Phi) is 4.25. The average Bonchev–Trinajstić information content (AvgIpc) is 3.14. The Morgan fingerprint density at radius 3 is 2.56 bits per heavy atom. The number of urea groups is 1. The second kappa shape index (κ2) is 6.36. The van der Waals surface area contributed by atoms with Crippen LogP contribution in [0.4, 0.5) is 23.1 Å². The van der Waals surface area contributed by atoms with E-state index in [1.54, 1.807) is 24.3 Å². The molecule has 2 aliphatic rings. The Bertz CT molecular complexity index is 861. The van der Waals surface area contributed by atoms with Crippen LogP contribution in [0, 0.1) is 0 Å². The summed E-state index contributed by atoms with van der Waals surface area (Å²) in [7, 11) is 0. The van der Waals surface area contributed by atoms with Gasteiger partial charge in [-0.15, -0.1) is 0 Å². The van der Waals surface area contributed by atoms with Crippen LogP contribution in [-0.2, 0) is 4.79 Å². The molecule has 1 atom stereocenters. The molecule has 1 aromatic heterocycles. The summed E-state index contributed by atoms with van der Waals surface area (Å²) in [6.45, 7) is 0. The third kappa shape index (κ3) is 2.91. The normalized spacial score (nSPS) is 24.5. The van der Waals surface area contributed by atoms with Crippen molar-refractivity contribution in [3.63, 3.8) is 0 Å². The molecule has 2 heterocycles. The van der Waals surface area contributed by atoms with Crippen molar-refractivity contribution in [2.45, 2.75) is 50.0 Å². The third-order valence-electron chi connectivity index (χ3n) is 5.01. The molecule has 1 aliphatic heterocycles. The molecular formula is C17H17F3N4O2S. The number of nitrogens with one attached hydrogen (secondary N) is 2. The van der Waals surface area contributed by atoms with Gasteiger partial charge in [-0.1, -0.05) is 42.7 Å². The van der Waals surface area contributed by atoms with Crippen molar-refractivity contribution in [3.05, 3.63) is 24.3 Å². The first-order chi connectivity index (χ1) is 12.8. The second-order valence-corrected chi connectivity index (χ2v) is 7.79. The van der Waals surface area contributed by atoms with Crippen molar-refractivity contribution in [1.29, 1.82) is 0 Å². The monoisotopic (exact) mass is 398 g/mol. The van der Waals surface area contributed by atoms with E-state index in [-0.39, 0.29) is 5.13 Å². The molecule has 0 radical (unpaired) electrons. The molecule has 4 rings (SSSR count). The van der Waals surface area contributed by atoms with Crippen LogP contribution in [-0.4, -0.2) is 39.7 Å². The first kappa shape index (κ1) is 18.0. The van der Waals surface area contributed by atoms with E-state index in [2.05, 4.69) is 10.3 Å². The highest BCUT2D eigenvalue weighted by molar-refractivity contribution is 7.22. The van der Waals surface area contributed by atoms with Crippen molar-refractivity contribution < 1.29 is 22.8 Å². The average molecular weight is 398 g/mol. The van der Waals surface area contributed by atoms with Gasteiger partial charge in [-0.3, -0.25) is 15.0 Å². The number of amides is 3. The van der Waals surface area contributed by atoms with Crippen molar-refractivity contribution in [2.24, 2.45) is 0 Å². The van der Waals surface area contributed by atoms with E-state index in [1.165, 1.54) is 0 Å². The molecule has 1 unspecified atom stereocenters. The number of aromatic nitrogens is 1. The maximum atomic E-state index is 14.0. The number of nitrogens with zero attached hydrogens (tertiary/aromatic N) is 2. The maximum absolute atomic E-state index is 14.0. The highest BCUT2D eigenvalue weighted by atomic mass is 32.1. The Hall–Kier alpha value is -2.36. The van der Waals surface area contributed by atoms with Crippen LogP contribution in [0.15, 0.2) is 24.3 Å². The minimum absolute atomic E-state index is 0.0762. The number of carbonyl (C=O) groups is 2. The number of para-hydroxylation sites is 1. The highest BCUT2D eigenvalue weighted by Crippen LogP contribution is 2.40. The van der Waals surface area contributed by atoms with E-state index in [0.29, 0.717) is 23.1 Å². The van der Waals surface area contributed by atoms with Gasteiger partial charge >= 0.3 is 12.2 Å². The Morgan fingerprint density at radius 2 is 1.89 bits per heavy atom. The summed E-state index contributed by atoms with van der Waals surface area (Å²) in [5.74, 6) is -1.31. The fourth-order valence-corrected chi connectivity index (χ4v) is 4.57. The Morgan fingerprint density at radius 1 is 1.19 bits per heavy atom. The van der Waals surface area contributed by atoms with Gasteiger partial charge in [-0.2, -0.15) is 13.2 Å². The van der Waals surface area contributed by atoms with Gasteiger partial charge in [-0.05, 0) is 25.0 Å². The molecule has 1 aliphatic carbocycles. The quantitative estimate of drug-likeness (QED) is 0.771. The molecule has 0 bridgehead atoms. The molecule has 144 valence electrons. The predicted octanol–water partition coefficient (Wildman–Crippen LogP) is 3.85. The van der Waals surface area contributed by atoms with Crippen molar-refractivity contribution in [2.75, 3.05) is 5.32 Å². The maximum Gasteiger partial charge on any atom is 0.440 e. The van der Waals surface area contributed by atoms with Crippen LogP contribution < -0.4 is 10.6 Å². The minimum Gasteiger partial charge on any atom is -0.323 e. The number of hydrogen-bond donors (Lipinski definition) is 2. The number of fused-ring (bicyclic) bond motifs is 1. The van der Waals surface area contributed by atoms with Gasteiger partial charge in [0.05, 0.1) is 10.2 Å². The zero-order valence-electron chi connectivity index (χ0n) is 14.2. The third-order valence-corrected chi connectivity index (χ3v) is 5.96. The molecule has 2 N–H and O–H groups in total. The van der Waals surface area contributed by atoms with E-state index < -0.39 is 29.8 Å². The van der Waals surface area contributed by atoms with Gasteiger partial charge in [0, 0.05) is 6.04 Å². The van der Waals surface area contributed by atoms with E-state index >= 15 is 0 Å². The number of rotatable bonds is 3. The lowest BCUT2D eigenvalue weighted by atomic mass is 9.94. The van der Waals surface area contributed by atoms with Gasteiger partial charge < -0.3 is 5.32 Å². The summed E-state index contributed by atoms with van der Waals surface area (Å²) in [4.78, 5) is 30.0. The fraction of sp³-hybridized carbons (Fsp3) is 0.471. The molecule has 1 saturated heterocycles. The molecule has 3 amide bonds. The number of halogens is 3. The largest absolute Gasteiger partial charge is 0.440 e. The Balaban J connectivity index is 1.70. The standard InChI is InChI=1S/C17H17F3N4O2S/c18-17(19,20)16(22-14-21-11-8-4-5-9-12(11)27-14)13(25)24(15(26)23-16)10-6-2-1-3-7-10/h4-5,8-10H,1-3,6-7H2,(H,21,22)(H,23,26). The summed E-state index contributed by atoms with van der Waals surface area (Å²) in [6.07, 6.45) is -1.46. The van der Waals surface area contributed by atoms with Crippen molar-refractivity contribution >= 4 is 38.6 Å². The summed E-state index contributed by atoms with van der Waals surface area (Å²) >= 11 is 0.995. The second-order valence-electron chi connectivity index (χ2n) is 6.76. The number of thiazole rings is 1. The SMILES string of the molecule is O=C1NC(Nc2nc3ccccc3s2)(C(F)(F)F)C(=O)N1C1CCCCC1. The van der Waals surface area contributed by atoms with Crippen LogP contribution in [0.1, 0.15) is 32.1 Å². The van der Waals surface area contributed by atoms with E-state index in [4.69, 9.17) is 0 Å². The predicted molar refractivity (Wildman–Crippen MR) is 94.3 cm³/mol. The van der Waals surface area contributed by atoms with Gasteiger partial charge in [0.25, 0.3) is 11.6 Å². The zero-order chi connectivity index (χ0) is 19.2. The summed E-state index contributed by atoms with van der Waals surface area (Å²) in [5, 5.41) is 3.98. The Labute approximate surface area is 156 Å². The molecule has 10 heteroatoms. The molecule has 1 aromatic carbocycles. The minimum atomic E-state index is -5.03. The van der Waals surface area contributed by atoms with Gasteiger partial charge in [0.2, 0.25) is 0 Å². The van der Waals surface area contributed by atoms with Crippen LogP contribution >= 0.6 is 11.3 Å². The lowest BCUT2D eigenvalue weighted by molar-refractivity contribution is -0.189. The summed E-state index contributed by atoms with van der Waals surface area (Å²) in [5.41, 5.74) is -2.68. The number of carbonyl (C=O) groups excluding carboxylic acids is 2. The lowest BCUT2D eigenvalue weighted by Gasteiger charge is -2.32. The number of alkyl halides is 3. The zero-order valence-corrected chi connectivity index (χ0v) is 15.0. The molecule has 6 nitrogen and oxygen atoms in total. The summed E-state index contributed by atoms with van der Waals surface area (Å²) < 4.78 is 42.6. The summed E-state index contributed by atoms with van der Waals surface area (Å²) in [6, 6.07) is 5.34. The number of hydrogen-bond acceptors (Lipinski definition) is 5. The molecule has 2 aromatic rings. The van der Waals surface area contributed by atoms with Gasteiger partial charge in [0.1, 0.15) is 0 Å². The topological polar surface area (TPSA) is 74.3 Å². The van der Waals surface area contributed by atoms with Gasteiger partial charge in [0.15, 0.2) is 5.13 Å². The van der Waals surface area contributed by atoms with Crippen LogP contribution in [0.3, 0.4) is 0 Å². The first-order valence-electron chi connectivity index (χ1n) is 8.68. The van der Waals surface area contributed by atoms with Gasteiger partial charge in [-0.25, -0.2) is 9.78 Å². The molecule has 2 fully saturated rings. The van der Waals surface area contributed by atoms with E-state index in [1.807, 2.05) is 5.32 Å². The van der Waals surface area contributed by atoms with Crippen LogP contribution in [0.5, 0.6) is 0 Å². The molecule has 0 spiro atoms.